The highest BCUT2D eigenvalue weighted by Gasteiger charge is 2.38. The normalized spacial score (nSPS) is 18.7. The lowest BCUT2D eigenvalue weighted by atomic mass is 9.72. The quantitative estimate of drug-likeness (QED) is 0.843. The molecule has 5 heteroatoms. The molecule has 0 atom stereocenters. The first-order valence-corrected chi connectivity index (χ1v) is 7.74. The number of hydrogen-bond donors (Lipinski definition) is 1. The molecule has 1 fully saturated rings. The summed E-state index contributed by atoms with van der Waals surface area (Å²) in [5.74, 6) is 0. The van der Waals surface area contributed by atoms with Gasteiger partial charge in [-0.2, -0.15) is 0 Å². The maximum absolute atomic E-state index is 13.0. The van der Waals surface area contributed by atoms with Gasteiger partial charge in [-0.25, -0.2) is 8.78 Å². The van der Waals surface area contributed by atoms with Crippen LogP contribution in [-0.2, 0) is 10.2 Å². The predicted octanol–water partition coefficient (Wildman–Crippen LogP) is 3.61. The van der Waals surface area contributed by atoms with Gasteiger partial charge < -0.3 is 15.0 Å². The number of halogens is 2. The number of benzene rings is 1. The van der Waals surface area contributed by atoms with Gasteiger partial charge >= 0.3 is 0 Å². The van der Waals surface area contributed by atoms with Crippen LogP contribution in [0.15, 0.2) is 18.2 Å². The summed E-state index contributed by atoms with van der Waals surface area (Å²) < 4.78 is 26.1. The zero-order valence-corrected chi connectivity index (χ0v) is 13.4. The maximum atomic E-state index is 13.0. The van der Waals surface area contributed by atoms with E-state index in [0.717, 1.165) is 25.1 Å². The van der Waals surface area contributed by atoms with Gasteiger partial charge in [0.1, 0.15) is 6.29 Å². The van der Waals surface area contributed by atoms with Crippen molar-refractivity contribution in [1.29, 1.82) is 0 Å². The number of piperidine rings is 1. The van der Waals surface area contributed by atoms with Crippen LogP contribution >= 0.6 is 0 Å². The molecule has 0 unspecified atom stereocenters. The Morgan fingerprint density at radius 3 is 2.36 bits per heavy atom. The van der Waals surface area contributed by atoms with Gasteiger partial charge in [-0.3, -0.25) is 0 Å². The number of hydrogen-bond acceptors (Lipinski definition) is 3. The van der Waals surface area contributed by atoms with Crippen LogP contribution in [-0.4, -0.2) is 37.4 Å². The largest absolute Gasteiger partial charge is 0.388 e. The van der Waals surface area contributed by atoms with E-state index in [1.165, 1.54) is 12.1 Å². The maximum Gasteiger partial charge on any atom is 0.263 e. The fourth-order valence-electron chi connectivity index (χ4n) is 3.22. The molecule has 0 saturated carbocycles. The van der Waals surface area contributed by atoms with Gasteiger partial charge in [0, 0.05) is 24.3 Å². The SMILES string of the molecule is CNc1ccc(C(F)F)cc1C1(C=O)CCN(C(C)C)CC1. The monoisotopic (exact) mass is 310 g/mol. The molecule has 0 aliphatic carbocycles. The Balaban J connectivity index is 2.38. The van der Waals surface area contributed by atoms with E-state index in [9.17, 15) is 13.6 Å². The molecule has 1 N–H and O–H groups in total. The molecular formula is C17H24F2N2O. The minimum Gasteiger partial charge on any atom is -0.388 e. The lowest BCUT2D eigenvalue weighted by Crippen LogP contribution is -2.46. The van der Waals surface area contributed by atoms with Crippen LogP contribution < -0.4 is 5.32 Å². The highest BCUT2D eigenvalue weighted by molar-refractivity contribution is 5.74. The topological polar surface area (TPSA) is 32.3 Å². The second kappa shape index (κ2) is 6.73. The van der Waals surface area contributed by atoms with E-state index in [1.807, 2.05) is 0 Å². The lowest BCUT2D eigenvalue weighted by Gasteiger charge is -2.41. The Hall–Kier alpha value is -1.49. The summed E-state index contributed by atoms with van der Waals surface area (Å²) in [5, 5.41) is 3.03. The smallest absolute Gasteiger partial charge is 0.263 e. The van der Waals surface area contributed by atoms with Crippen molar-refractivity contribution < 1.29 is 13.6 Å². The van der Waals surface area contributed by atoms with Gasteiger partial charge in [-0.05, 0) is 57.5 Å². The molecule has 0 amide bonds. The zero-order valence-electron chi connectivity index (χ0n) is 13.4. The third-order valence-electron chi connectivity index (χ3n) is 4.75. The number of anilines is 1. The van der Waals surface area contributed by atoms with E-state index < -0.39 is 11.8 Å². The molecule has 0 aromatic heterocycles. The second-order valence-corrected chi connectivity index (χ2v) is 6.26. The molecular weight excluding hydrogens is 286 g/mol. The first-order valence-electron chi connectivity index (χ1n) is 7.74. The van der Waals surface area contributed by atoms with Crippen molar-refractivity contribution in [3.05, 3.63) is 29.3 Å². The molecule has 1 heterocycles. The van der Waals surface area contributed by atoms with Crippen molar-refractivity contribution in [3.8, 4) is 0 Å². The molecule has 1 saturated heterocycles. The summed E-state index contributed by atoms with van der Waals surface area (Å²) in [5.41, 5.74) is 0.761. The number of alkyl halides is 2. The summed E-state index contributed by atoms with van der Waals surface area (Å²) in [4.78, 5) is 14.2. The van der Waals surface area contributed by atoms with E-state index in [-0.39, 0.29) is 5.56 Å². The molecule has 0 radical (unpaired) electrons. The van der Waals surface area contributed by atoms with Crippen LogP contribution in [0.1, 0.15) is 44.2 Å². The summed E-state index contributed by atoms with van der Waals surface area (Å²) in [6.45, 7) is 5.87. The molecule has 0 bridgehead atoms. The Morgan fingerprint density at radius 1 is 1.27 bits per heavy atom. The van der Waals surface area contributed by atoms with Crippen LogP contribution in [0.5, 0.6) is 0 Å². The summed E-state index contributed by atoms with van der Waals surface area (Å²) in [7, 11) is 1.75. The fourth-order valence-corrected chi connectivity index (χ4v) is 3.22. The molecule has 1 aliphatic heterocycles. The minimum atomic E-state index is -2.52. The molecule has 22 heavy (non-hydrogen) atoms. The van der Waals surface area contributed by atoms with Crippen molar-refractivity contribution in [2.24, 2.45) is 0 Å². The van der Waals surface area contributed by atoms with E-state index >= 15 is 0 Å². The van der Waals surface area contributed by atoms with Crippen molar-refractivity contribution in [2.75, 3.05) is 25.5 Å². The Bertz CT molecular complexity index is 523. The van der Waals surface area contributed by atoms with Gasteiger partial charge in [-0.15, -0.1) is 0 Å². The summed E-state index contributed by atoms with van der Waals surface area (Å²) in [6, 6.07) is 5.00. The molecule has 0 spiro atoms. The highest BCUT2D eigenvalue weighted by atomic mass is 19.3. The van der Waals surface area contributed by atoms with Crippen molar-refractivity contribution in [1.82, 2.24) is 4.90 Å². The Labute approximate surface area is 130 Å². The number of rotatable bonds is 5. The number of nitrogens with one attached hydrogen (secondary N) is 1. The third-order valence-corrected chi connectivity index (χ3v) is 4.75. The minimum absolute atomic E-state index is 0.0264. The number of carbonyl (C=O) groups is 1. The molecule has 2 rings (SSSR count). The first kappa shape index (κ1) is 16.9. The molecule has 3 nitrogen and oxygen atoms in total. The van der Waals surface area contributed by atoms with E-state index in [4.69, 9.17) is 0 Å². The average molecular weight is 310 g/mol. The van der Waals surface area contributed by atoms with Gasteiger partial charge in [0.2, 0.25) is 0 Å². The second-order valence-electron chi connectivity index (χ2n) is 6.26. The van der Waals surface area contributed by atoms with Crippen molar-refractivity contribution in [2.45, 2.75) is 44.6 Å². The zero-order chi connectivity index (χ0) is 16.3. The molecule has 1 aliphatic rings. The summed E-state index contributed by atoms with van der Waals surface area (Å²) in [6.07, 6.45) is -0.244. The van der Waals surface area contributed by atoms with E-state index in [0.29, 0.717) is 24.4 Å². The molecule has 1 aromatic rings. The molecule has 122 valence electrons. The first-order chi connectivity index (χ1) is 10.4. The van der Waals surface area contributed by atoms with Gasteiger partial charge in [0.15, 0.2) is 0 Å². The summed E-state index contributed by atoms with van der Waals surface area (Å²) >= 11 is 0. The lowest BCUT2D eigenvalue weighted by molar-refractivity contribution is -0.114. The van der Waals surface area contributed by atoms with Crippen LogP contribution in [0.25, 0.3) is 0 Å². The van der Waals surface area contributed by atoms with Crippen LogP contribution in [0, 0.1) is 0 Å². The van der Waals surface area contributed by atoms with E-state index in [2.05, 4.69) is 24.1 Å². The van der Waals surface area contributed by atoms with Gasteiger partial charge in [0.25, 0.3) is 6.43 Å². The number of nitrogens with zero attached hydrogens (tertiary/aromatic N) is 1. The average Bonchev–Trinajstić information content (AvgIpc) is 2.54. The highest BCUT2D eigenvalue weighted by Crippen LogP contribution is 2.39. The molecule has 1 aromatic carbocycles. The Kier molecular flexibility index (Phi) is 5.16. The van der Waals surface area contributed by atoms with E-state index in [1.54, 1.807) is 13.1 Å². The van der Waals surface area contributed by atoms with Crippen LogP contribution in [0.4, 0.5) is 14.5 Å². The third kappa shape index (κ3) is 3.14. The van der Waals surface area contributed by atoms with Gasteiger partial charge in [-0.1, -0.05) is 6.07 Å². The van der Waals surface area contributed by atoms with Crippen LogP contribution in [0.3, 0.4) is 0 Å². The number of likely N-dealkylation sites (tertiary alicyclic amines) is 1. The fraction of sp³-hybridized carbons (Fsp3) is 0.588. The number of carbonyl (C=O) groups excluding carboxylic acids is 1. The Morgan fingerprint density at radius 2 is 1.91 bits per heavy atom. The number of aldehydes is 1. The van der Waals surface area contributed by atoms with Crippen molar-refractivity contribution in [3.63, 3.8) is 0 Å². The standard InChI is InChI=1S/C17H24F2N2O/c1-12(2)21-8-6-17(11-22,7-9-21)14-10-13(16(18)19)4-5-15(14)20-3/h4-5,10-12,16,20H,6-9H2,1-3H3. The predicted molar refractivity (Wildman–Crippen MR) is 84.6 cm³/mol. The van der Waals surface area contributed by atoms with Gasteiger partial charge in [0.05, 0.1) is 5.41 Å². The van der Waals surface area contributed by atoms with Crippen LogP contribution in [0.2, 0.25) is 0 Å². The van der Waals surface area contributed by atoms with Crippen molar-refractivity contribution >= 4 is 12.0 Å².